The van der Waals surface area contributed by atoms with E-state index in [2.05, 4.69) is 58.5 Å². The third-order valence-corrected chi connectivity index (χ3v) is 4.14. The van der Waals surface area contributed by atoms with E-state index in [1.165, 1.54) is 21.9 Å². The Morgan fingerprint density at radius 2 is 1.00 bits per heavy atom. The van der Waals surface area contributed by atoms with Crippen LogP contribution in [-0.4, -0.2) is 9.97 Å². The molecule has 0 unspecified atom stereocenters. The van der Waals surface area contributed by atoms with Gasteiger partial charge in [0.2, 0.25) is 0 Å². The highest BCUT2D eigenvalue weighted by Crippen LogP contribution is 2.21. The van der Waals surface area contributed by atoms with Crippen molar-refractivity contribution in [2.75, 3.05) is 0 Å². The summed E-state index contributed by atoms with van der Waals surface area (Å²) in [6.45, 7) is 0. The monoisotopic (exact) mass is 284 g/mol. The lowest BCUT2D eigenvalue weighted by molar-refractivity contribution is 0.973. The van der Waals surface area contributed by atoms with Gasteiger partial charge in [-0.2, -0.15) is 0 Å². The SMILES string of the molecule is c1ccc2c(CCc3ccnc4ccccc34)ccnc2c1. The van der Waals surface area contributed by atoms with Crippen LogP contribution in [0.4, 0.5) is 0 Å². The van der Waals surface area contributed by atoms with E-state index < -0.39 is 0 Å². The Morgan fingerprint density at radius 3 is 1.50 bits per heavy atom. The maximum atomic E-state index is 4.44. The van der Waals surface area contributed by atoms with Crippen molar-refractivity contribution >= 4 is 21.8 Å². The fraction of sp³-hybridized carbons (Fsp3) is 0.100. The van der Waals surface area contributed by atoms with Crippen molar-refractivity contribution in [2.45, 2.75) is 12.8 Å². The molecule has 106 valence electrons. The Kier molecular flexibility index (Phi) is 3.28. The second-order valence-corrected chi connectivity index (χ2v) is 5.47. The standard InChI is InChI=1S/C20H16N2/c1-3-7-19-17(5-1)15(11-13-21-19)9-10-16-12-14-22-20-8-4-2-6-18(16)20/h1-8,11-14H,9-10H2. The van der Waals surface area contributed by atoms with Crippen LogP contribution in [0.1, 0.15) is 11.1 Å². The predicted octanol–water partition coefficient (Wildman–Crippen LogP) is 4.57. The highest BCUT2D eigenvalue weighted by molar-refractivity contribution is 5.83. The Balaban J connectivity index is 1.69. The molecule has 0 aliphatic carbocycles. The molecule has 0 saturated heterocycles. The summed E-state index contributed by atoms with van der Waals surface area (Å²) in [5.41, 5.74) is 4.84. The van der Waals surface area contributed by atoms with Crippen molar-refractivity contribution in [3.63, 3.8) is 0 Å². The lowest BCUT2D eigenvalue weighted by atomic mass is 9.99. The summed E-state index contributed by atoms with van der Waals surface area (Å²) in [5, 5.41) is 2.51. The van der Waals surface area contributed by atoms with E-state index in [0.29, 0.717) is 0 Å². The molecule has 22 heavy (non-hydrogen) atoms. The molecule has 0 fully saturated rings. The summed E-state index contributed by atoms with van der Waals surface area (Å²) in [6, 6.07) is 20.9. The minimum atomic E-state index is 1.01. The van der Waals surface area contributed by atoms with E-state index in [0.717, 1.165) is 23.9 Å². The number of nitrogens with zero attached hydrogens (tertiary/aromatic N) is 2. The number of hydrogen-bond acceptors (Lipinski definition) is 2. The number of para-hydroxylation sites is 2. The number of rotatable bonds is 3. The number of fused-ring (bicyclic) bond motifs is 2. The van der Waals surface area contributed by atoms with Crippen LogP contribution in [0.15, 0.2) is 73.1 Å². The van der Waals surface area contributed by atoms with Crippen LogP contribution in [-0.2, 0) is 12.8 Å². The molecule has 0 radical (unpaired) electrons. The molecular formula is C20H16N2. The van der Waals surface area contributed by atoms with E-state index in [1.807, 2.05) is 24.5 Å². The molecule has 4 aromatic rings. The Bertz CT molecular complexity index is 854. The summed E-state index contributed by atoms with van der Waals surface area (Å²) >= 11 is 0. The van der Waals surface area contributed by atoms with Crippen LogP contribution in [0.25, 0.3) is 21.8 Å². The maximum absolute atomic E-state index is 4.44. The highest BCUT2D eigenvalue weighted by atomic mass is 14.6. The molecule has 2 heterocycles. The summed E-state index contributed by atoms with van der Waals surface area (Å²) in [6.07, 6.45) is 5.83. The minimum absolute atomic E-state index is 1.01. The van der Waals surface area contributed by atoms with Gasteiger partial charge in [-0.05, 0) is 48.2 Å². The molecule has 0 bridgehead atoms. The molecule has 4 rings (SSSR count). The average Bonchev–Trinajstić information content (AvgIpc) is 2.60. The quantitative estimate of drug-likeness (QED) is 0.551. The molecule has 0 N–H and O–H groups in total. The van der Waals surface area contributed by atoms with Crippen molar-refractivity contribution in [3.8, 4) is 0 Å². The molecule has 2 nitrogen and oxygen atoms in total. The number of aromatic nitrogens is 2. The van der Waals surface area contributed by atoms with Gasteiger partial charge < -0.3 is 0 Å². The third kappa shape index (κ3) is 2.33. The molecule has 0 atom stereocenters. The van der Waals surface area contributed by atoms with Gasteiger partial charge in [-0.25, -0.2) is 0 Å². The summed E-state index contributed by atoms with van der Waals surface area (Å²) in [5.74, 6) is 0. The van der Waals surface area contributed by atoms with Crippen LogP contribution in [0.5, 0.6) is 0 Å². The van der Waals surface area contributed by atoms with E-state index in [9.17, 15) is 0 Å². The second kappa shape index (κ2) is 5.57. The Hall–Kier alpha value is -2.74. The van der Waals surface area contributed by atoms with Gasteiger partial charge >= 0.3 is 0 Å². The lowest BCUT2D eigenvalue weighted by Gasteiger charge is -2.08. The van der Waals surface area contributed by atoms with Gasteiger partial charge in [-0.15, -0.1) is 0 Å². The molecule has 0 amide bonds. The second-order valence-electron chi connectivity index (χ2n) is 5.47. The van der Waals surface area contributed by atoms with Crippen LogP contribution >= 0.6 is 0 Å². The summed E-state index contributed by atoms with van der Waals surface area (Å²) in [7, 11) is 0. The van der Waals surface area contributed by atoms with Gasteiger partial charge in [0.1, 0.15) is 0 Å². The predicted molar refractivity (Wildman–Crippen MR) is 90.9 cm³/mol. The molecule has 2 aromatic heterocycles. The van der Waals surface area contributed by atoms with Crippen molar-refractivity contribution < 1.29 is 0 Å². The van der Waals surface area contributed by atoms with Crippen molar-refractivity contribution in [1.29, 1.82) is 0 Å². The zero-order valence-corrected chi connectivity index (χ0v) is 12.2. The van der Waals surface area contributed by atoms with E-state index in [4.69, 9.17) is 0 Å². The molecule has 2 aromatic carbocycles. The van der Waals surface area contributed by atoms with Crippen molar-refractivity contribution in [1.82, 2.24) is 9.97 Å². The fourth-order valence-electron chi connectivity index (χ4n) is 3.02. The highest BCUT2D eigenvalue weighted by Gasteiger charge is 2.05. The van der Waals surface area contributed by atoms with Gasteiger partial charge in [0.05, 0.1) is 11.0 Å². The number of hydrogen-bond donors (Lipinski definition) is 0. The van der Waals surface area contributed by atoms with Crippen molar-refractivity contribution in [2.24, 2.45) is 0 Å². The van der Waals surface area contributed by atoms with E-state index in [-0.39, 0.29) is 0 Å². The molecule has 0 spiro atoms. The molecule has 2 heteroatoms. The molecular weight excluding hydrogens is 268 g/mol. The third-order valence-electron chi connectivity index (χ3n) is 4.14. The normalized spacial score (nSPS) is 11.1. The molecule has 0 saturated carbocycles. The van der Waals surface area contributed by atoms with Gasteiger partial charge in [0, 0.05) is 23.2 Å². The minimum Gasteiger partial charge on any atom is -0.256 e. The number of aryl methyl sites for hydroxylation is 2. The van der Waals surface area contributed by atoms with E-state index >= 15 is 0 Å². The first-order valence-electron chi connectivity index (χ1n) is 7.57. The number of benzene rings is 2. The van der Waals surface area contributed by atoms with Crippen LogP contribution in [0.3, 0.4) is 0 Å². The largest absolute Gasteiger partial charge is 0.256 e. The maximum Gasteiger partial charge on any atom is 0.0704 e. The first-order valence-corrected chi connectivity index (χ1v) is 7.57. The summed E-state index contributed by atoms with van der Waals surface area (Å²) in [4.78, 5) is 8.87. The van der Waals surface area contributed by atoms with Gasteiger partial charge in [-0.3, -0.25) is 9.97 Å². The number of pyridine rings is 2. The zero-order chi connectivity index (χ0) is 14.8. The first kappa shape index (κ1) is 13.0. The Labute approximate surface area is 129 Å². The van der Waals surface area contributed by atoms with Crippen LogP contribution in [0, 0.1) is 0 Å². The average molecular weight is 284 g/mol. The topological polar surface area (TPSA) is 25.8 Å². The van der Waals surface area contributed by atoms with Crippen LogP contribution in [0.2, 0.25) is 0 Å². The first-order chi connectivity index (χ1) is 10.9. The zero-order valence-electron chi connectivity index (χ0n) is 12.2. The Morgan fingerprint density at radius 1 is 0.545 bits per heavy atom. The lowest BCUT2D eigenvalue weighted by Crippen LogP contribution is -1.95. The molecule has 0 aliphatic rings. The van der Waals surface area contributed by atoms with Gasteiger partial charge in [0.15, 0.2) is 0 Å². The summed E-state index contributed by atoms with van der Waals surface area (Å²) < 4.78 is 0. The van der Waals surface area contributed by atoms with Gasteiger partial charge in [-0.1, -0.05) is 36.4 Å². The van der Waals surface area contributed by atoms with Gasteiger partial charge in [0.25, 0.3) is 0 Å². The van der Waals surface area contributed by atoms with Crippen molar-refractivity contribution in [3.05, 3.63) is 84.2 Å². The van der Waals surface area contributed by atoms with E-state index in [1.54, 1.807) is 0 Å². The smallest absolute Gasteiger partial charge is 0.0704 e. The fourth-order valence-corrected chi connectivity index (χ4v) is 3.02. The van der Waals surface area contributed by atoms with Crippen LogP contribution < -0.4 is 0 Å². The molecule has 0 aliphatic heterocycles.